The molecule has 6 nitrogen and oxygen atoms in total. The van der Waals surface area contributed by atoms with Crippen LogP contribution in [0.25, 0.3) is 10.9 Å². The van der Waals surface area contributed by atoms with Crippen LogP contribution in [0, 0.1) is 6.92 Å². The zero-order chi connectivity index (χ0) is 17.3. The minimum absolute atomic E-state index is 0.105. The van der Waals surface area contributed by atoms with Crippen LogP contribution >= 0.6 is 0 Å². The molecule has 1 aliphatic rings. The van der Waals surface area contributed by atoms with E-state index in [1.807, 2.05) is 44.2 Å². The maximum atomic E-state index is 12.8. The van der Waals surface area contributed by atoms with Gasteiger partial charge in [-0.2, -0.15) is 0 Å². The van der Waals surface area contributed by atoms with E-state index in [2.05, 4.69) is 10.3 Å². The smallest absolute Gasteiger partial charge is 0.317 e. The van der Waals surface area contributed by atoms with Gasteiger partial charge < -0.3 is 10.0 Å². The molecule has 1 aromatic carbocycles. The highest BCUT2D eigenvalue weighted by molar-refractivity contribution is 5.96. The second-order valence-electron chi connectivity index (χ2n) is 6.63. The van der Waals surface area contributed by atoms with E-state index in [9.17, 15) is 9.59 Å². The molecule has 126 valence electrons. The number of aliphatic carboxylic acids is 1. The minimum Gasteiger partial charge on any atom is -0.480 e. The van der Waals surface area contributed by atoms with Crippen LogP contribution in [-0.4, -0.2) is 52.0 Å². The van der Waals surface area contributed by atoms with Crippen LogP contribution in [0.3, 0.4) is 0 Å². The number of likely N-dealkylation sites (tertiary alicyclic amines) is 1. The van der Waals surface area contributed by atoms with Crippen LogP contribution < -0.4 is 5.32 Å². The number of carbonyl (C=O) groups excluding carboxylic acids is 1. The summed E-state index contributed by atoms with van der Waals surface area (Å²) >= 11 is 0. The van der Waals surface area contributed by atoms with E-state index in [1.54, 1.807) is 4.90 Å². The molecule has 0 bridgehead atoms. The van der Waals surface area contributed by atoms with Crippen LogP contribution in [0.5, 0.6) is 0 Å². The number of nitrogens with zero attached hydrogens (tertiary/aromatic N) is 2. The van der Waals surface area contributed by atoms with Gasteiger partial charge in [-0.1, -0.05) is 18.2 Å². The predicted molar refractivity (Wildman–Crippen MR) is 91.0 cm³/mol. The zero-order valence-corrected chi connectivity index (χ0v) is 13.9. The molecule has 1 amide bonds. The first-order valence-electron chi connectivity index (χ1n) is 8.00. The first kappa shape index (κ1) is 16.4. The fourth-order valence-electron chi connectivity index (χ4n) is 3.19. The Morgan fingerprint density at radius 1 is 1.38 bits per heavy atom. The largest absolute Gasteiger partial charge is 0.480 e. The maximum absolute atomic E-state index is 12.8. The fourth-order valence-corrected chi connectivity index (χ4v) is 3.19. The Morgan fingerprint density at radius 2 is 2.12 bits per heavy atom. The lowest BCUT2D eigenvalue weighted by Gasteiger charge is -2.25. The van der Waals surface area contributed by atoms with Gasteiger partial charge in [0.05, 0.1) is 12.1 Å². The predicted octanol–water partition coefficient (Wildman–Crippen LogP) is 1.82. The number of para-hydroxylation sites is 1. The number of hydrogen-bond donors (Lipinski definition) is 2. The minimum atomic E-state index is -0.896. The number of aryl methyl sites for hydroxylation is 1. The normalized spacial score (nSPS) is 20.5. The molecule has 2 heterocycles. The number of aromatic nitrogens is 1. The number of hydrogen-bond acceptors (Lipinski definition) is 4. The van der Waals surface area contributed by atoms with Crippen LogP contribution in [0.1, 0.15) is 29.4 Å². The highest BCUT2D eigenvalue weighted by atomic mass is 16.4. The van der Waals surface area contributed by atoms with Gasteiger partial charge in [0.15, 0.2) is 0 Å². The summed E-state index contributed by atoms with van der Waals surface area (Å²) in [5, 5.41) is 12.9. The molecule has 1 unspecified atom stereocenters. The summed E-state index contributed by atoms with van der Waals surface area (Å²) < 4.78 is 0. The Bertz CT molecular complexity index is 805. The standard InChI is InChI=1S/C18H21N3O3/c1-12-9-15(20-14-6-4-3-5-13(12)14)17(24)21-8-7-18(2,11-21)19-10-16(22)23/h3-6,9,19H,7-8,10-11H2,1-2H3,(H,22,23). The quantitative estimate of drug-likeness (QED) is 0.895. The number of fused-ring (bicyclic) bond motifs is 1. The van der Waals surface area contributed by atoms with E-state index in [0.717, 1.165) is 22.9 Å². The van der Waals surface area contributed by atoms with E-state index >= 15 is 0 Å². The van der Waals surface area contributed by atoms with Crippen molar-refractivity contribution in [3.8, 4) is 0 Å². The second kappa shape index (κ2) is 6.20. The Morgan fingerprint density at radius 3 is 2.88 bits per heavy atom. The van der Waals surface area contributed by atoms with Crippen molar-refractivity contribution < 1.29 is 14.7 Å². The molecule has 1 fully saturated rings. The Hall–Kier alpha value is -2.47. The van der Waals surface area contributed by atoms with Crippen molar-refractivity contribution in [1.29, 1.82) is 0 Å². The SMILES string of the molecule is Cc1cc(C(=O)N2CCC(C)(NCC(=O)O)C2)nc2ccccc12. The Kier molecular flexibility index (Phi) is 4.24. The number of rotatable bonds is 4. The topological polar surface area (TPSA) is 82.5 Å². The third kappa shape index (κ3) is 3.23. The molecule has 1 aromatic heterocycles. The van der Waals surface area contributed by atoms with Crippen molar-refractivity contribution >= 4 is 22.8 Å². The van der Waals surface area contributed by atoms with Gasteiger partial charge in [-0.15, -0.1) is 0 Å². The molecule has 6 heteroatoms. The molecule has 1 atom stereocenters. The maximum Gasteiger partial charge on any atom is 0.317 e. The van der Waals surface area contributed by atoms with Gasteiger partial charge in [0.25, 0.3) is 5.91 Å². The van der Waals surface area contributed by atoms with E-state index < -0.39 is 5.97 Å². The van der Waals surface area contributed by atoms with Crippen LogP contribution in [-0.2, 0) is 4.79 Å². The van der Waals surface area contributed by atoms with Gasteiger partial charge in [-0.3, -0.25) is 14.9 Å². The molecular weight excluding hydrogens is 306 g/mol. The average Bonchev–Trinajstić information content (AvgIpc) is 2.95. The molecule has 1 aliphatic heterocycles. The summed E-state index contributed by atoms with van der Waals surface area (Å²) in [6, 6.07) is 9.59. The molecule has 2 aromatic rings. The van der Waals surface area contributed by atoms with Crippen molar-refractivity contribution in [2.45, 2.75) is 25.8 Å². The zero-order valence-electron chi connectivity index (χ0n) is 13.9. The number of amides is 1. The van der Waals surface area contributed by atoms with Crippen LogP contribution in [0.15, 0.2) is 30.3 Å². The Balaban J connectivity index is 1.79. The summed E-state index contributed by atoms with van der Waals surface area (Å²) in [5.41, 5.74) is 1.90. The third-order valence-electron chi connectivity index (χ3n) is 4.57. The third-order valence-corrected chi connectivity index (χ3v) is 4.57. The van der Waals surface area contributed by atoms with Crippen molar-refractivity contribution in [2.24, 2.45) is 0 Å². The summed E-state index contributed by atoms with van der Waals surface area (Å²) in [6.07, 6.45) is 0.721. The van der Waals surface area contributed by atoms with E-state index in [4.69, 9.17) is 5.11 Å². The number of benzene rings is 1. The number of pyridine rings is 1. The van der Waals surface area contributed by atoms with Gasteiger partial charge >= 0.3 is 5.97 Å². The molecule has 0 radical (unpaired) electrons. The summed E-state index contributed by atoms with van der Waals surface area (Å²) in [5.74, 6) is -1.00. The lowest BCUT2D eigenvalue weighted by Crippen LogP contribution is -2.47. The fraction of sp³-hybridized carbons (Fsp3) is 0.389. The van der Waals surface area contributed by atoms with Crippen molar-refractivity contribution in [2.75, 3.05) is 19.6 Å². The molecule has 0 aliphatic carbocycles. The average molecular weight is 327 g/mol. The molecule has 3 rings (SSSR count). The molecule has 1 saturated heterocycles. The molecule has 24 heavy (non-hydrogen) atoms. The number of carbonyl (C=O) groups is 2. The molecular formula is C18H21N3O3. The van der Waals surface area contributed by atoms with E-state index in [-0.39, 0.29) is 18.0 Å². The van der Waals surface area contributed by atoms with Crippen molar-refractivity contribution in [3.63, 3.8) is 0 Å². The van der Waals surface area contributed by atoms with Gasteiger partial charge in [0.2, 0.25) is 0 Å². The van der Waals surface area contributed by atoms with Crippen LogP contribution in [0.4, 0.5) is 0 Å². The lowest BCUT2D eigenvalue weighted by atomic mass is 10.0. The molecule has 2 N–H and O–H groups in total. The number of carboxylic acid groups (broad SMARTS) is 1. The van der Waals surface area contributed by atoms with Crippen LogP contribution in [0.2, 0.25) is 0 Å². The van der Waals surface area contributed by atoms with Gasteiger partial charge in [-0.25, -0.2) is 4.98 Å². The van der Waals surface area contributed by atoms with Gasteiger partial charge in [0.1, 0.15) is 5.69 Å². The monoisotopic (exact) mass is 327 g/mol. The summed E-state index contributed by atoms with van der Waals surface area (Å²) in [7, 11) is 0. The first-order valence-corrected chi connectivity index (χ1v) is 8.00. The molecule has 0 spiro atoms. The number of carboxylic acids is 1. The summed E-state index contributed by atoms with van der Waals surface area (Å²) in [4.78, 5) is 29.8. The highest BCUT2D eigenvalue weighted by Gasteiger charge is 2.36. The second-order valence-corrected chi connectivity index (χ2v) is 6.63. The van der Waals surface area contributed by atoms with E-state index in [1.165, 1.54) is 0 Å². The summed E-state index contributed by atoms with van der Waals surface area (Å²) in [6.45, 7) is 4.89. The molecule has 0 saturated carbocycles. The van der Waals surface area contributed by atoms with Gasteiger partial charge in [0, 0.05) is 24.0 Å². The highest BCUT2D eigenvalue weighted by Crippen LogP contribution is 2.24. The first-order chi connectivity index (χ1) is 11.4. The lowest BCUT2D eigenvalue weighted by molar-refractivity contribution is -0.136. The van der Waals surface area contributed by atoms with Crippen molar-refractivity contribution in [1.82, 2.24) is 15.2 Å². The van der Waals surface area contributed by atoms with Crippen molar-refractivity contribution in [3.05, 3.63) is 41.6 Å². The van der Waals surface area contributed by atoms with E-state index in [0.29, 0.717) is 18.8 Å². The van der Waals surface area contributed by atoms with Gasteiger partial charge in [-0.05, 0) is 38.0 Å². The Labute approximate surface area is 140 Å². The number of nitrogens with one attached hydrogen (secondary N) is 1.